The van der Waals surface area contributed by atoms with Crippen molar-refractivity contribution in [3.05, 3.63) is 0 Å². The molecule has 24 atom stereocenters. The number of nitrogens with one attached hydrogen (secondary N) is 3. The first-order valence-electron chi connectivity index (χ1n) is 32.1. The van der Waals surface area contributed by atoms with Crippen LogP contribution in [0.2, 0.25) is 0 Å². The Bertz CT molecular complexity index is 2740. The van der Waals surface area contributed by atoms with Crippen molar-refractivity contribution in [2.24, 2.45) is 0 Å². The second-order valence-electron chi connectivity index (χ2n) is 24.6. The Labute approximate surface area is 564 Å². The first kappa shape index (κ1) is 83.5. The van der Waals surface area contributed by atoms with Crippen LogP contribution in [0.15, 0.2) is 0 Å². The summed E-state index contributed by atoms with van der Waals surface area (Å²) in [5.74, 6) is -3.53. The molecule has 6 aliphatic rings. The quantitative estimate of drug-likeness (QED) is 0.0202. The van der Waals surface area contributed by atoms with Gasteiger partial charge in [-0.3, -0.25) is 42.5 Å². The highest BCUT2D eigenvalue weighted by Crippen LogP contribution is 2.47. The molecule has 0 aromatic heterocycles. The van der Waals surface area contributed by atoms with Crippen LogP contribution in [-0.4, -0.2) is 316 Å². The Morgan fingerprint density at radius 3 is 1.04 bits per heavy atom. The van der Waals surface area contributed by atoms with E-state index in [9.17, 15) is 108 Å². The van der Waals surface area contributed by atoms with Gasteiger partial charge in [0.15, 0.2) is 18.9 Å². The number of aliphatic hydroxyl groups excluding tert-OH is 10. The molecule has 6 aliphatic heterocycles. The van der Waals surface area contributed by atoms with Crippen molar-refractivity contribution in [3.8, 4) is 0 Å². The number of rotatable bonds is 38. The topological polar surface area (TPSA) is 582 Å². The van der Waals surface area contributed by atoms with E-state index in [4.69, 9.17) is 51.0 Å². The standard InChI is InChI=1S/C55H97N6O34P3/c1-29(65)56-44-50(75)47(72)38(23-62)91-53(44)85-14-8-5-11-41(69)59-20-35(68)17-32(59)26-89-97(80,81)94-37-19-34(61(22-37)43(71)13-7-10-16-87-55-46(58-31(3)67)52(77)49(74)40(25-64)93-55)28-90-98(82,83)95-36-18-33(27-88-96(78,79)84-4)60(21-36)42(70)12-6-9-15-86-54-45(57-30(2)66)51(76)48(73)39(24-63)92-54/h32-40,44-55,62-64,68,72-77H,5-28H2,1-4H3,(H,56,65)(H,57,66)(H,58,67)(H,78,79)(H,80,81)(H,82,83)/p-3/t32-,33-,34-,35+,36+,37+,38?,39?,40?,44?,45?,46?,47?,48?,49?,50?,51?,52?,53?,54?,55?/m0/s1. The number of likely N-dealkylation sites (tertiary alicyclic amines) is 3. The summed E-state index contributed by atoms with van der Waals surface area (Å²) in [6, 6.07) is -7.03. The Morgan fingerprint density at radius 2 is 0.745 bits per heavy atom. The number of carbonyl (C=O) groups is 6. The van der Waals surface area contributed by atoms with Gasteiger partial charge < -0.3 is 152 Å². The van der Waals surface area contributed by atoms with Gasteiger partial charge in [-0.05, 0) is 57.8 Å². The van der Waals surface area contributed by atoms with Gasteiger partial charge >= 0.3 is 0 Å². The maximum absolute atomic E-state index is 14.0. The molecule has 0 aliphatic carbocycles. The molecule has 43 heteroatoms. The molecule has 0 aromatic carbocycles. The van der Waals surface area contributed by atoms with Gasteiger partial charge in [0.1, 0.15) is 73.1 Å². The Morgan fingerprint density at radius 1 is 0.449 bits per heavy atom. The molecule has 6 heterocycles. The molecule has 98 heavy (non-hydrogen) atoms. The Hall–Kier alpha value is -3.49. The number of hydrogen-bond acceptors (Lipinski definition) is 34. The molecule has 18 unspecified atom stereocenters. The predicted molar refractivity (Wildman–Crippen MR) is 319 cm³/mol. The number of carbonyl (C=O) groups excluding carboxylic acids is 6. The van der Waals surface area contributed by atoms with E-state index in [0.29, 0.717) is 0 Å². The number of β-amino-alcohol motifs (C(OH)–C–C–N with tert-alkyl or cyclic N) is 1. The number of amides is 6. The predicted octanol–water partition coefficient (Wildman–Crippen LogP) is -7.59. The Balaban J connectivity index is 1.06. The van der Waals surface area contributed by atoms with E-state index in [1.165, 1.54) is 11.8 Å². The van der Waals surface area contributed by atoms with Gasteiger partial charge in [0.25, 0.3) is 23.5 Å². The van der Waals surface area contributed by atoms with Crippen LogP contribution in [0.25, 0.3) is 0 Å². The number of phosphoric ester groups is 3. The van der Waals surface area contributed by atoms with Gasteiger partial charge in [-0.25, -0.2) is 0 Å². The molecule has 6 rings (SSSR count). The minimum absolute atomic E-state index is 0.0571. The molecule has 566 valence electrons. The molecule has 0 spiro atoms. The van der Waals surface area contributed by atoms with Crippen LogP contribution in [0.4, 0.5) is 0 Å². The summed E-state index contributed by atoms with van der Waals surface area (Å²) < 4.78 is 104. The highest BCUT2D eigenvalue weighted by Gasteiger charge is 2.49. The highest BCUT2D eigenvalue weighted by atomic mass is 31.2. The summed E-state index contributed by atoms with van der Waals surface area (Å²) in [5, 5.41) is 110. The summed E-state index contributed by atoms with van der Waals surface area (Å²) in [7, 11) is -14.9. The van der Waals surface area contributed by atoms with Crippen molar-refractivity contribution in [3.63, 3.8) is 0 Å². The third-order valence-corrected chi connectivity index (χ3v) is 20.1. The number of ether oxygens (including phenoxy) is 6. The number of hydrogen-bond donors (Lipinski definition) is 13. The average molecular weight is 1480 g/mol. The summed E-state index contributed by atoms with van der Waals surface area (Å²) in [4.78, 5) is 120. The second-order valence-corrected chi connectivity index (χ2v) is 28.9. The van der Waals surface area contributed by atoms with Crippen molar-refractivity contribution in [2.45, 2.75) is 226 Å². The van der Waals surface area contributed by atoms with Crippen molar-refractivity contribution in [2.75, 3.05) is 86.2 Å². The zero-order valence-electron chi connectivity index (χ0n) is 54.5. The number of aliphatic hydroxyl groups is 10. The largest absolute Gasteiger partial charge is 0.756 e. The van der Waals surface area contributed by atoms with E-state index in [0.717, 1.165) is 30.8 Å². The lowest BCUT2D eigenvalue weighted by atomic mass is 9.97. The van der Waals surface area contributed by atoms with E-state index >= 15 is 0 Å². The smallest absolute Gasteiger partial charge is 0.268 e. The SMILES string of the molecule is COP(=O)([O-])OC[C@@H]1C[C@@H](OP(=O)([O-])OC[C@@H]2C[C@@H](OP(=O)([O-])OC[C@@H]3C[C@@H](O)CN3C(=O)CCCCOC3OC(CO)C(O)C(O)C3NC(C)=O)CN2C(=O)CCCCOC2OC(CO)C(O)C(O)C2NC(C)=O)CN1C(=O)CCCCOC1OC(CO)C(O)C(O)C1NC(C)=O. The molecule has 0 aromatic rings. The normalized spacial score (nSPS) is 34.7. The van der Waals surface area contributed by atoms with Crippen molar-refractivity contribution < 1.29 is 164 Å². The summed E-state index contributed by atoms with van der Waals surface area (Å²) in [6.45, 7) is -2.31. The number of nitrogens with zero attached hydrogens (tertiary/aromatic N) is 3. The minimum Gasteiger partial charge on any atom is -0.756 e. The summed E-state index contributed by atoms with van der Waals surface area (Å²) in [5.41, 5.74) is 0. The lowest BCUT2D eigenvalue weighted by molar-refractivity contribution is -0.270. The van der Waals surface area contributed by atoms with E-state index in [1.807, 2.05) is 0 Å². The van der Waals surface area contributed by atoms with Crippen LogP contribution in [0, 0.1) is 0 Å². The van der Waals surface area contributed by atoms with Crippen LogP contribution >= 0.6 is 23.5 Å². The third-order valence-electron chi connectivity index (χ3n) is 17.1. The molecule has 0 saturated carbocycles. The zero-order valence-corrected chi connectivity index (χ0v) is 57.2. The summed E-state index contributed by atoms with van der Waals surface area (Å²) >= 11 is 0. The fourth-order valence-electron chi connectivity index (χ4n) is 12.2. The van der Waals surface area contributed by atoms with E-state index < -0.39 is 246 Å². The van der Waals surface area contributed by atoms with E-state index in [-0.39, 0.29) is 97.0 Å². The molecule has 13 N–H and O–H groups in total. The second kappa shape index (κ2) is 38.9. The molecular formula is C55H94N6O34P3-3. The monoisotopic (exact) mass is 1480 g/mol. The van der Waals surface area contributed by atoms with Gasteiger partial charge in [-0.15, -0.1) is 0 Å². The van der Waals surface area contributed by atoms with Gasteiger partial charge in [-0.1, -0.05) is 0 Å². The van der Waals surface area contributed by atoms with Crippen LogP contribution in [0.5, 0.6) is 0 Å². The van der Waals surface area contributed by atoms with Crippen LogP contribution in [-0.2, 0) is 98.0 Å². The molecule has 0 radical (unpaired) electrons. The molecule has 6 saturated heterocycles. The average Bonchev–Trinajstić information content (AvgIpc) is 1.16. The van der Waals surface area contributed by atoms with E-state index in [1.54, 1.807) is 0 Å². The van der Waals surface area contributed by atoms with Crippen molar-refractivity contribution in [1.82, 2.24) is 30.7 Å². The lowest BCUT2D eigenvalue weighted by Gasteiger charge is -2.42. The van der Waals surface area contributed by atoms with Crippen LogP contribution < -0.4 is 30.6 Å². The fraction of sp³-hybridized carbons (Fsp3) is 0.891. The van der Waals surface area contributed by atoms with Crippen molar-refractivity contribution in [1.29, 1.82) is 0 Å². The Kier molecular flexibility index (Phi) is 33.1. The van der Waals surface area contributed by atoms with Crippen molar-refractivity contribution >= 4 is 58.9 Å². The fourth-order valence-corrected chi connectivity index (χ4v) is 14.5. The minimum atomic E-state index is -5.47. The molecule has 0 bridgehead atoms. The third kappa shape index (κ3) is 24.6. The zero-order chi connectivity index (χ0) is 72.4. The molecule has 6 fully saturated rings. The first-order chi connectivity index (χ1) is 46.2. The molecular weight excluding hydrogens is 1380 g/mol. The van der Waals surface area contributed by atoms with Gasteiger partial charge in [0, 0.05) is 86.6 Å². The van der Waals surface area contributed by atoms with Gasteiger partial charge in [0.2, 0.25) is 35.4 Å². The lowest BCUT2D eigenvalue weighted by Crippen LogP contribution is -2.64. The maximum Gasteiger partial charge on any atom is 0.268 e. The maximum atomic E-state index is 14.0. The highest BCUT2D eigenvalue weighted by molar-refractivity contribution is 7.46. The molecule has 40 nitrogen and oxygen atoms in total. The van der Waals surface area contributed by atoms with E-state index in [2.05, 4.69) is 20.5 Å². The van der Waals surface area contributed by atoms with Gasteiger partial charge in [-0.2, -0.15) is 0 Å². The first-order valence-corrected chi connectivity index (χ1v) is 36.5. The molecule has 6 amide bonds. The van der Waals surface area contributed by atoms with Gasteiger partial charge in [0.05, 0.1) is 76.1 Å². The van der Waals surface area contributed by atoms with Crippen LogP contribution in [0.1, 0.15) is 97.8 Å². The van der Waals surface area contributed by atoms with Crippen LogP contribution in [0.3, 0.4) is 0 Å². The number of phosphoric acid groups is 3. The number of unbranched alkanes of at least 4 members (excludes halogenated alkanes) is 3. The summed E-state index contributed by atoms with van der Waals surface area (Å²) in [6.07, 6.45) is -21.6.